The highest BCUT2D eigenvalue weighted by Gasteiger charge is 2.14. The van der Waals surface area contributed by atoms with Gasteiger partial charge >= 0.3 is 0 Å². The van der Waals surface area contributed by atoms with Crippen LogP contribution in [0.2, 0.25) is 5.02 Å². The average Bonchev–Trinajstić information content (AvgIpc) is 2.79. The summed E-state index contributed by atoms with van der Waals surface area (Å²) in [4.78, 5) is 0. The Bertz CT molecular complexity index is 604. The third kappa shape index (κ3) is 4.44. The monoisotopic (exact) mass is 308 g/mol. The Morgan fingerprint density at radius 2 is 2.10 bits per heavy atom. The van der Waals surface area contributed by atoms with E-state index in [9.17, 15) is 0 Å². The molecule has 1 aromatic carbocycles. The van der Waals surface area contributed by atoms with Gasteiger partial charge in [0.25, 0.3) is 0 Å². The molecule has 0 amide bonds. The van der Waals surface area contributed by atoms with Crippen LogP contribution in [0.15, 0.2) is 24.5 Å². The van der Waals surface area contributed by atoms with E-state index in [4.69, 9.17) is 16.3 Å². The number of hydrogen-bond acceptors (Lipinski definition) is 4. The van der Waals surface area contributed by atoms with Crippen LogP contribution in [-0.4, -0.2) is 20.3 Å². The van der Waals surface area contributed by atoms with Gasteiger partial charge in [-0.2, -0.15) is 0 Å². The lowest BCUT2D eigenvalue weighted by molar-refractivity contribution is 0.286. The molecule has 0 saturated heterocycles. The zero-order chi connectivity index (χ0) is 15.5. The van der Waals surface area contributed by atoms with Gasteiger partial charge in [-0.1, -0.05) is 17.7 Å². The summed E-state index contributed by atoms with van der Waals surface area (Å²) in [6.07, 6.45) is 1.65. The number of nitrogens with one attached hydrogen (secondary N) is 1. The first-order valence-corrected chi connectivity index (χ1v) is 7.23. The van der Waals surface area contributed by atoms with E-state index >= 15 is 0 Å². The maximum absolute atomic E-state index is 6.30. The van der Waals surface area contributed by atoms with Crippen molar-refractivity contribution in [3.8, 4) is 5.75 Å². The number of nitrogens with zero attached hydrogens (tertiary/aromatic N) is 3. The van der Waals surface area contributed by atoms with Crippen molar-refractivity contribution in [1.82, 2.24) is 20.1 Å². The Morgan fingerprint density at radius 3 is 2.71 bits per heavy atom. The number of aromatic nitrogens is 3. The quantitative estimate of drug-likeness (QED) is 0.922. The Hall–Kier alpha value is -1.59. The summed E-state index contributed by atoms with van der Waals surface area (Å²) >= 11 is 6.30. The molecule has 0 saturated carbocycles. The molecule has 1 aromatic heterocycles. The van der Waals surface area contributed by atoms with Crippen LogP contribution >= 0.6 is 11.6 Å². The van der Waals surface area contributed by atoms with Crippen molar-refractivity contribution in [3.63, 3.8) is 0 Å². The molecule has 21 heavy (non-hydrogen) atoms. The van der Waals surface area contributed by atoms with Crippen molar-refractivity contribution >= 4 is 11.6 Å². The molecule has 0 unspecified atom stereocenters. The summed E-state index contributed by atoms with van der Waals surface area (Å²) in [5.41, 5.74) is 0.969. The Balaban J connectivity index is 2.11. The first-order chi connectivity index (χ1) is 9.87. The normalized spacial score (nSPS) is 11.7. The third-order valence-corrected chi connectivity index (χ3v) is 3.39. The number of benzene rings is 1. The highest BCUT2D eigenvalue weighted by Crippen LogP contribution is 2.27. The maximum Gasteiger partial charge on any atom is 0.170 e. The van der Waals surface area contributed by atoms with Gasteiger partial charge < -0.3 is 14.6 Å². The van der Waals surface area contributed by atoms with Crippen molar-refractivity contribution in [2.24, 2.45) is 7.05 Å². The van der Waals surface area contributed by atoms with Crippen LogP contribution in [0.1, 0.15) is 32.2 Å². The van der Waals surface area contributed by atoms with E-state index in [-0.39, 0.29) is 5.54 Å². The first kappa shape index (κ1) is 15.8. The zero-order valence-electron chi connectivity index (χ0n) is 12.9. The summed E-state index contributed by atoms with van der Waals surface area (Å²) < 4.78 is 7.69. The predicted molar refractivity (Wildman–Crippen MR) is 83.4 cm³/mol. The van der Waals surface area contributed by atoms with E-state index < -0.39 is 0 Å². The van der Waals surface area contributed by atoms with Crippen LogP contribution in [0, 0.1) is 0 Å². The average molecular weight is 309 g/mol. The lowest BCUT2D eigenvalue weighted by Crippen LogP contribution is -2.35. The molecule has 0 radical (unpaired) electrons. The Morgan fingerprint density at radius 1 is 1.33 bits per heavy atom. The van der Waals surface area contributed by atoms with Crippen molar-refractivity contribution in [3.05, 3.63) is 40.9 Å². The highest BCUT2D eigenvalue weighted by atomic mass is 35.5. The van der Waals surface area contributed by atoms with E-state index in [2.05, 4.69) is 36.3 Å². The molecule has 0 bridgehead atoms. The topological polar surface area (TPSA) is 52.0 Å². The van der Waals surface area contributed by atoms with Gasteiger partial charge in [0.05, 0.1) is 0 Å². The fourth-order valence-corrected chi connectivity index (χ4v) is 2.01. The third-order valence-electron chi connectivity index (χ3n) is 3.03. The van der Waals surface area contributed by atoms with Gasteiger partial charge in [-0.15, -0.1) is 10.2 Å². The Kier molecular flexibility index (Phi) is 4.85. The molecule has 114 valence electrons. The molecule has 0 aliphatic carbocycles. The maximum atomic E-state index is 6.30. The number of ether oxygens (including phenoxy) is 1. The van der Waals surface area contributed by atoms with E-state index in [0.29, 0.717) is 18.2 Å². The van der Waals surface area contributed by atoms with E-state index in [0.717, 1.165) is 17.1 Å². The van der Waals surface area contributed by atoms with Gasteiger partial charge in [-0.3, -0.25) is 0 Å². The molecule has 0 aliphatic rings. The number of halogens is 1. The second-order valence-corrected chi connectivity index (χ2v) is 6.37. The molecule has 6 heteroatoms. The second-order valence-electron chi connectivity index (χ2n) is 5.97. The molecule has 0 spiro atoms. The number of rotatable bonds is 5. The fourth-order valence-electron chi connectivity index (χ4n) is 1.78. The smallest absolute Gasteiger partial charge is 0.170 e. The number of hydrogen-bond donors (Lipinski definition) is 1. The molecule has 0 atom stereocenters. The van der Waals surface area contributed by atoms with Crippen molar-refractivity contribution in [1.29, 1.82) is 0 Å². The molecule has 5 nitrogen and oxygen atoms in total. The van der Waals surface area contributed by atoms with Crippen LogP contribution in [0.5, 0.6) is 5.75 Å². The minimum atomic E-state index is 0.0139. The zero-order valence-corrected chi connectivity index (χ0v) is 13.6. The minimum absolute atomic E-state index is 0.0139. The molecular weight excluding hydrogens is 288 g/mol. The largest absolute Gasteiger partial charge is 0.485 e. The van der Waals surface area contributed by atoms with E-state index in [1.54, 1.807) is 6.33 Å². The molecule has 1 heterocycles. The fraction of sp³-hybridized carbons (Fsp3) is 0.467. The van der Waals surface area contributed by atoms with Crippen LogP contribution in [0.4, 0.5) is 0 Å². The van der Waals surface area contributed by atoms with Gasteiger partial charge in [-0.05, 0) is 32.9 Å². The Labute approximate surface area is 130 Å². The number of aryl methyl sites for hydroxylation is 1. The van der Waals surface area contributed by atoms with Crippen LogP contribution < -0.4 is 10.1 Å². The van der Waals surface area contributed by atoms with Gasteiger partial charge in [0.1, 0.15) is 18.7 Å². The second kappa shape index (κ2) is 6.45. The molecule has 0 aliphatic heterocycles. The van der Waals surface area contributed by atoms with E-state index in [1.165, 1.54) is 0 Å². The van der Waals surface area contributed by atoms with Gasteiger partial charge in [0.15, 0.2) is 5.82 Å². The van der Waals surface area contributed by atoms with Crippen LogP contribution in [0.3, 0.4) is 0 Å². The lowest BCUT2D eigenvalue weighted by atomic mass is 10.1. The molecular formula is C15H21ClN4O. The SMILES string of the molecule is Cn1cnnc1COc1cccc(Cl)c1CNC(C)(C)C. The predicted octanol–water partition coefficient (Wildman–Crippen LogP) is 2.94. The summed E-state index contributed by atoms with van der Waals surface area (Å²) in [5.74, 6) is 1.53. The lowest BCUT2D eigenvalue weighted by Gasteiger charge is -2.22. The minimum Gasteiger partial charge on any atom is -0.485 e. The summed E-state index contributed by atoms with van der Waals surface area (Å²) in [6, 6.07) is 5.67. The summed E-state index contributed by atoms with van der Waals surface area (Å²) in [6.45, 7) is 7.36. The summed E-state index contributed by atoms with van der Waals surface area (Å²) in [5, 5.41) is 12.0. The van der Waals surface area contributed by atoms with Crippen LogP contribution in [0.25, 0.3) is 0 Å². The molecule has 1 N–H and O–H groups in total. The van der Waals surface area contributed by atoms with Gasteiger partial charge in [0.2, 0.25) is 0 Å². The van der Waals surface area contributed by atoms with Gasteiger partial charge in [0, 0.05) is 29.7 Å². The molecule has 2 rings (SSSR count). The summed E-state index contributed by atoms with van der Waals surface area (Å²) in [7, 11) is 1.89. The highest BCUT2D eigenvalue weighted by molar-refractivity contribution is 6.31. The molecule has 0 fully saturated rings. The standard InChI is InChI=1S/C15H21ClN4O/c1-15(2,3)17-8-11-12(16)6-5-7-13(11)21-9-14-19-18-10-20(14)4/h5-7,10,17H,8-9H2,1-4H3. The van der Waals surface area contributed by atoms with Crippen molar-refractivity contribution in [2.45, 2.75) is 39.5 Å². The van der Waals surface area contributed by atoms with Gasteiger partial charge in [-0.25, -0.2) is 0 Å². The first-order valence-electron chi connectivity index (χ1n) is 6.85. The molecule has 2 aromatic rings. The van der Waals surface area contributed by atoms with Crippen molar-refractivity contribution in [2.75, 3.05) is 0 Å². The van der Waals surface area contributed by atoms with E-state index in [1.807, 2.05) is 29.8 Å². The van der Waals surface area contributed by atoms with Crippen molar-refractivity contribution < 1.29 is 4.74 Å². The van der Waals surface area contributed by atoms with Crippen LogP contribution in [-0.2, 0) is 20.2 Å².